The van der Waals surface area contributed by atoms with Gasteiger partial charge in [-0.15, -0.1) is 0 Å². The highest BCUT2D eigenvalue weighted by Gasteiger charge is 2.26. The molecule has 21 heavy (non-hydrogen) atoms. The maximum absolute atomic E-state index is 12.1. The van der Waals surface area contributed by atoms with Crippen LogP contribution in [0.25, 0.3) is 0 Å². The van der Waals surface area contributed by atoms with E-state index in [0.717, 1.165) is 37.9 Å². The molecule has 114 valence electrons. The smallest absolute Gasteiger partial charge is 0.220 e. The Kier molecular flexibility index (Phi) is 4.44. The lowest BCUT2D eigenvalue weighted by Crippen LogP contribution is -2.37. The summed E-state index contributed by atoms with van der Waals surface area (Å²) in [6.07, 6.45) is 4.45. The van der Waals surface area contributed by atoms with Crippen LogP contribution in [-0.4, -0.2) is 30.2 Å². The average molecular weight is 288 g/mol. The van der Waals surface area contributed by atoms with Gasteiger partial charge in [-0.2, -0.15) is 0 Å². The highest BCUT2D eigenvalue weighted by atomic mass is 16.3. The second-order valence-electron chi connectivity index (χ2n) is 6.29. The van der Waals surface area contributed by atoms with E-state index in [4.69, 9.17) is 0 Å². The number of hydrogen-bond donors (Lipinski definition) is 3. The number of hydrogen-bond acceptors (Lipinski definition) is 3. The summed E-state index contributed by atoms with van der Waals surface area (Å²) in [7, 11) is 0. The van der Waals surface area contributed by atoms with Gasteiger partial charge in [-0.3, -0.25) is 4.79 Å². The third kappa shape index (κ3) is 3.38. The molecule has 1 aromatic rings. The number of para-hydroxylation sites is 1. The van der Waals surface area contributed by atoms with Crippen LogP contribution < -0.4 is 10.6 Å². The zero-order chi connectivity index (χ0) is 14.7. The van der Waals surface area contributed by atoms with Crippen LogP contribution in [0.3, 0.4) is 0 Å². The third-order valence-corrected chi connectivity index (χ3v) is 4.80. The monoisotopic (exact) mass is 288 g/mol. The number of anilines is 1. The number of benzene rings is 1. The normalized spacial score (nSPS) is 27.8. The standard InChI is InChI=1S/C17H24N2O2/c20-16-8-4-1-5-12(16)10-19-17(21)9-13-11-18-15-7-3-2-6-14(13)15/h2-3,6-7,12-13,16,18,20H,1,4-5,8-11H2,(H,19,21). The van der Waals surface area contributed by atoms with Gasteiger partial charge in [0.25, 0.3) is 0 Å². The van der Waals surface area contributed by atoms with Gasteiger partial charge < -0.3 is 15.7 Å². The van der Waals surface area contributed by atoms with Crippen molar-refractivity contribution < 1.29 is 9.90 Å². The number of aliphatic hydroxyl groups excluding tert-OH is 1. The molecule has 1 heterocycles. The van der Waals surface area contributed by atoms with Gasteiger partial charge >= 0.3 is 0 Å². The summed E-state index contributed by atoms with van der Waals surface area (Å²) in [5.41, 5.74) is 2.39. The van der Waals surface area contributed by atoms with Gasteiger partial charge in [0.15, 0.2) is 0 Å². The quantitative estimate of drug-likeness (QED) is 0.796. The van der Waals surface area contributed by atoms with Crippen LogP contribution in [0.2, 0.25) is 0 Å². The Morgan fingerprint density at radius 1 is 1.29 bits per heavy atom. The summed E-state index contributed by atoms with van der Waals surface area (Å²) in [5, 5.41) is 16.3. The van der Waals surface area contributed by atoms with Crippen molar-refractivity contribution in [1.29, 1.82) is 0 Å². The van der Waals surface area contributed by atoms with E-state index in [1.807, 2.05) is 12.1 Å². The molecule has 0 radical (unpaired) electrons. The molecule has 4 nitrogen and oxygen atoms in total. The Morgan fingerprint density at radius 3 is 2.95 bits per heavy atom. The molecule has 1 aliphatic carbocycles. The van der Waals surface area contributed by atoms with E-state index in [-0.39, 0.29) is 23.8 Å². The highest BCUT2D eigenvalue weighted by Crippen LogP contribution is 2.33. The van der Waals surface area contributed by atoms with Crippen LogP contribution in [0, 0.1) is 5.92 Å². The first-order chi connectivity index (χ1) is 10.2. The SMILES string of the molecule is O=C(CC1CNc2ccccc21)NCC1CCCCC1O. The fourth-order valence-corrected chi connectivity index (χ4v) is 3.51. The molecule has 3 unspecified atom stereocenters. The Labute approximate surface area is 125 Å². The van der Waals surface area contributed by atoms with Crippen molar-refractivity contribution in [3.05, 3.63) is 29.8 Å². The van der Waals surface area contributed by atoms with Crippen LogP contribution in [0.5, 0.6) is 0 Å². The maximum atomic E-state index is 12.1. The lowest BCUT2D eigenvalue weighted by molar-refractivity contribution is -0.121. The molecule has 3 N–H and O–H groups in total. The van der Waals surface area contributed by atoms with Gasteiger partial charge in [-0.25, -0.2) is 0 Å². The number of aliphatic hydroxyl groups is 1. The van der Waals surface area contributed by atoms with Crippen molar-refractivity contribution in [2.75, 3.05) is 18.4 Å². The van der Waals surface area contributed by atoms with E-state index in [2.05, 4.69) is 22.8 Å². The van der Waals surface area contributed by atoms with Gasteiger partial charge in [-0.1, -0.05) is 31.0 Å². The number of carbonyl (C=O) groups excluding carboxylic acids is 1. The molecule has 4 heteroatoms. The molecule has 1 aliphatic heterocycles. The Morgan fingerprint density at radius 2 is 2.10 bits per heavy atom. The first-order valence-corrected chi connectivity index (χ1v) is 8.01. The number of nitrogens with one attached hydrogen (secondary N) is 2. The average Bonchev–Trinajstić information content (AvgIpc) is 2.90. The summed E-state index contributed by atoms with van der Waals surface area (Å²) < 4.78 is 0. The van der Waals surface area contributed by atoms with Crippen molar-refractivity contribution >= 4 is 11.6 Å². The van der Waals surface area contributed by atoms with Gasteiger partial charge in [0.05, 0.1) is 6.10 Å². The number of carbonyl (C=O) groups is 1. The number of amides is 1. The molecule has 1 aromatic carbocycles. The molecule has 0 aromatic heterocycles. The molecule has 0 spiro atoms. The summed E-state index contributed by atoms with van der Waals surface area (Å²) in [4.78, 5) is 12.1. The lowest BCUT2D eigenvalue weighted by atomic mass is 9.86. The zero-order valence-electron chi connectivity index (χ0n) is 12.3. The predicted octanol–water partition coefficient (Wildman–Crippen LogP) is 2.25. The lowest BCUT2D eigenvalue weighted by Gasteiger charge is -2.27. The van der Waals surface area contributed by atoms with Crippen molar-refractivity contribution in [2.45, 2.75) is 44.1 Å². The van der Waals surface area contributed by atoms with Crippen molar-refractivity contribution in [3.8, 4) is 0 Å². The van der Waals surface area contributed by atoms with Crippen LogP contribution in [0.15, 0.2) is 24.3 Å². The van der Waals surface area contributed by atoms with E-state index in [9.17, 15) is 9.90 Å². The van der Waals surface area contributed by atoms with Gasteiger partial charge in [-0.05, 0) is 24.5 Å². The Hall–Kier alpha value is -1.55. The fourth-order valence-electron chi connectivity index (χ4n) is 3.51. The van der Waals surface area contributed by atoms with E-state index < -0.39 is 0 Å². The highest BCUT2D eigenvalue weighted by molar-refractivity contribution is 5.78. The molecule has 0 bridgehead atoms. The van der Waals surface area contributed by atoms with Gasteiger partial charge in [0.1, 0.15) is 0 Å². The zero-order valence-corrected chi connectivity index (χ0v) is 12.3. The fraction of sp³-hybridized carbons (Fsp3) is 0.588. The van der Waals surface area contributed by atoms with E-state index in [1.54, 1.807) is 0 Å². The third-order valence-electron chi connectivity index (χ3n) is 4.80. The summed E-state index contributed by atoms with van der Waals surface area (Å²) in [6.45, 7) is 1.45. The van der Waals surface area contributed by atoms with Crippen LogP contribution in [-0.2, 0) is 4.79 Å². The summed E-state index contributed by atoms with van der Waals surface area (Å²) in [5.74, 6) is 0.588. The van der Waals surface area contributed by atoms with E-state index >= 15 is 0 Å². The second kappa shape index (κ2) is 6.48. The minimum atomic E-state index is -0.243. The minimum Gasteiger partial charge on any atom is -0.393 e. The topological polar surface area (TPSA) is 61.4 Å². The van der Waals surface area contributed by atoms with Crippen LogP contribution in [0.1, 0.15) is 43.6 Å². The molecule has 1 amide bonds. The minimum absolute atomic E-state index is 0.0938. The van der Waals surface area contributed by atoms with Crippen molar-refractivity contribution in [2.24, 2.45) is 5.92 Å². The molecule has 3 atom stereocenters. The first kappa shape index (κ1) is 14.4. The van der Waals surface area contributed by atoms with E-state index in [1.165, 1.54) is 5.56 Å². The summed E-state index contributed by atoms with van der Waals surface area (Å²) in [6, 6.07) is 8.19. The molecule has 1 saturated carbocycles. The second-order valence-corrected chi connectivity index (χ2v) is 6.29. The Balaban J connectivity index is 1.49. The van der Waals surface area contributed by atoms with Crippen LogP contribution >= 0.6 is 0 Å². The molecule has 3 rings (SSSR count). The van der Waals surface area contributed by atoms with Crippen LogP contribution in [0.4, 0.5) is 5.69 Å². The van der Waals surface area contributed by atoms with Crippen molar-refractivity contribution in [1.82, 2.24) is 5.32 Å². The molecule has 0 saturated heterocycles. The number of fused-ring (bicyclic) bond motifs is 1. The largest absolute Gasteiger partial charge is 0.393 e. The number of rotatable bonds is 4. The summed E-state index contributed by atoms with van der Waals surface area (Å²) >= 11 is 0. The molecular weight excluding hydrogens is 264 g/mol. The van der Waals surface area contributed by atoms with Gasteiger partial charge in [0, 0.05) is 37.0 Å². The van der Waals surface area contributed by atoms with Crippen molar-refractivity contribution in [3.63, 3.8) is 0 Å². The molecular formula is C17H24N2O2. The van der Waals surface area contributed by atoms with E-state index in [0.29, 0.717) is 13.0 Å². The van der Waals surface area contributed by atoms with Gasteiger partial charge in [0.2, 0.25) is 5.91 Å². The predicted molar refractivity (Wildman–Crippen MR) is 83.3 cm³/mol. The molecule has 1 fully saturated rings. The maximum Gasteiger partial charge on any atom is 0.220 e. The first-order valence-electron chi connectivity index (χ1n) is 8.01. The molecule has 2 aliphatic rings. The Bertz CT molecular complexity index is 503.